The van der Waals surface area contributed by atoms with Crippen LogP contribution in [-0.4, -0.2) is 68.2 Å². The Labute approximate surface area is 89.3 Å². The molecule has 0 rings (SSSR count). The van der Waals surface area contributed by atoms with E-state index >= 15 is 0 Å². The molecule has 1 unspecified atom stereocenters. The summed E-state index contributed by atoms with van der Waals surface area (Å²) in [4.78, 5) is 14.6. The average Bonchev–Trinajstić information content (AvgIpc) is 1.31. The fraction of sp³-hybridized carbons (Fsp3) is 1.00. The van der Waals surface area contributed by atoms with E-state index in [1.54, 1.807) is 0 Å². The van der Waals surface area contributed by atoms with Crippen molar-refractivity contribution < 1.29 is 19.2 Å². The third-order valence-corrected chi connectivity index (χ3v) is 1.23. The van der Waals surface area contributed by atoms with E-state index in [2.05, 4.69) is 0 Å². The van der Waals surface area contributed by atoms with E-state index < -0.39 is 12.6 Å². The Morgan fingerprint density at radius 2 is 1.75 bits per heavy atom. The number of hydrogen-bond acceptors (Lipinski definition) is 2. The average molecular weight is 167 g/mol. The van der Waals surface area contributed by atoms with Crippen molar-refractivity contribution in [3.63, 3.8) is 0 Å². The van der Waals surface area contributed by atoms with Crippen LogP contribution in [0.1, 0.15) is 0 Å². The van der Waals surface area contributed by atoms with Gasteiger partial charge in [-0.05, 0) is 0 Å². The first-order valence-corrected chi connectivity index (χ1v) is 3.12. The molecule has 0 heterocycles. The summed E-state index contributed by atoms with van der Waals surface area (Å²) in [5.41, 5.74) is 0. The molecule has 3 N–H and O–H groups in total. The Morgan fingerprint density at radius 3 is 1.75 bits per heavy atom. The molecular weight excluding hydrogens is 160 g/mol. The van der Waals surface area contributed by atoms with Gasteiger partial charge >= 0.3 is 59.1 Å². The van der Waals surface area contributed by atoms with Gasteiger partial charge in [0, 0.05) is 0 Å². The molecule has 0 aliphatic heterocycles. The van der Waals surface area contributed by atoms with Gasteiger partial charge in [-0.1, -0.05) is 0 Å². The van der Waals surface area contributed by atoms with Gasteiger partial charge < -0.3 is 5.21 Å². The quantitative estimate of drug-likeness (QED) is 0.228. The summed E-state index contributed by atoms with van der Waals surface area (Å²) in [6.45, 7) is 0. The van der Waals surface area contributed by atoms with Crippen LogP contribution in [0.2, 0.25) is 0 Å². The summed E-state index contributed by atoms with van der Waals surface area (Å²) < 4.78 is 9.68. The van der Waals surface area contributed by atoms with Gasteiger partial charge in [-0.3, -0.25) is 14.6 Å². The Balaban J connectivity index is 0. The van der Waals surface area contributed by atoms with Crippen LogP contribution in [0.5, 0.6) is 0 Å². The van der Waals surface area contributed by atoms with E-state index in [-0.39, 0.29) is 51.4 Å². The molecule has 46 valence electrons. The van der Waals surface area contributed by atoms with Crippen molar-refractivity contribution in [2.75, 3.05) is 7.05 Å². The van der Waals surface area contributed by atoms with Gasteiger partial charge in [-0.15, -0.1) is 0 Å². The van der Waals surface area contributed by atoms with Crippen molar-refractivity contribution in [2.24, 2.45) is 0 Å². The topological polar surface area (TPSA) is 85.0 Å². The van der Waals surface area contributed by atoms with Crippen LogP contribution in [0.25, 0.3) is 0 Å². The Hall–Kier alpha value is 1.71. The van der Waals surface area contributed by atoms with Gasteiger partial charge in [0.05, 0.1) is 7.05 Å². The molecule has 0 aromatic rings. The molecule has 0 saturated carbocycles. The van der Waals surface area contributed by atoms with Gasteiger partial charge in [0.2, 0.25) is 0 Å². The summed E-state index contributed by atoms with van der Waals surface area (Å²) in [6, 6.07) is 0. The summed E-state index contributed by atoms with van der Waals surface area (Å²) in [5.74, 6) is 0. The maximum absolute atomic E-state index is 9.70. The monoisotopic (exact) mass is 167 g/mol. The molecular formula is CH7KNO4P. The van der Waals surface area contributed by atoms with Crippen molar-refractivity contribution >= 4 is 59.1 Å². The van der Waals surface area contributed by atoms with Crippen molar-refractivity contribution in [1.82, 2.24) is 0 Å². The maximum atomic E-state index is 9.70. The molecule has 0 spiro atoms. The number of hydrogen-bond donors (Lipinski definition) is 3. The number of quaternary nitrogens is 1. The van der Waals surface area contributed by atoms with E-state index in [0.717, 1.165) is 7.05 Å². The molecule has 7 heteroatoms. The van der Waals surface area contributed by atoms with Gasteiger partial charge in [0.1, 0.15) is 0 Å². The Morgan fingerprint density at radius 1 is 1.62 bits per heavy atom. The minimum absolute atomic E-state index is 0. The van der Waals surface area contributed by atoms with E-state index in [1.807, 2.05) is 0 Å². The number of hydroxylamine groups is 1. The van der Waals surface area contributed by atoms with Crippen LogP contribution < -0.4 is 4.83 Å². The van der Waals surface area contributed by atoms with Crippen LogP contribution in [0.4, 0.5) is 0 Å². The zero-order chi connectivity index (χ0) is 6.08. The first-order chi connectivity index (χ1) is 2.94. The molecule has 0 bridgehead atoms. The van der Waals surface area contributed by atoms with Gasteiger partial charge in [-0.2, -0.15) is 0 Å². The van der Waals surface area contributed by atoms with Gasteiger partial charge in [-0.25, -0.2) is 4.57 Å². The van der Waals surface area contributed by atoms with Crippen LogP contribution in [-0.2, 0) is 4.57 Å². The van der Waals surface area contributed by atoms with Crippen LogP contribution >= 0.6 is 7.75 Å². The van der Waals surface area contributed by atoms with Crippen molar-refractivity contribution in [3.05, 3.63) is 5.21 Å². The second kappa shape index (κ2) is 4.51. The van der Waals surface area contributed by atoms with Crippen molar-refractivity contribution in [1.29, 1.82) is 0 Å². The molecule has 0 aliphatic carbocycles. The van der Waals surface area contributed by atoms with E-state index in [0.29, 0.717) is 0 Å². The number of nitrogens with one attached hydrogen (secondary N) is 1. The third-order valence-electron chi connectivity index (χ3n) is 0.410. The van der Waals surface area contributed by atoms with E-state index in [4.69, 9.17) is 9.79 Å². The summed E-state index contributed by atoms with van der Waals surface area (Å²) >= 11 is 0. The Bertz CT molecular complexity index is 98.2. The second-order valence-corrected chi connectivity index (χ2v) is 2.78. The fourth-order valence-electron chi connectivity index (χ4n) is 0. The van der Waals surface area contributed by atoms with Crippen LogP contribution in [0, 0.1) is 5.21 Å². The number of rotatable bonds is 1. The van der Waals surface area contributed by atoms with E-state index in [1.165, 1.54) is 0 Å². The zero-order valence-electron chi connectivity index (χ0n) is 3.66. The zero-order valence-corrected chi connectivity index (χ0v) is 4.55. The molecule has 0 fully saturated rings. The fourth-order valence-corrected chi connectivity index (χ4v) is 0. The first kappa shape index (κ1) is 12.4. The third kappa shape index (κ3) is 5.84. The van der Waals surface area contributed by atoms with Crippen LogP contribution in [0.3, 0.4) is 0 Å². The molecule has 8 heavy (non-hydrogen) atoms. The molecule has 0 saturated heterocycles. The SMILES string of the molecule is C[NH+]([O-])P(=O)(O)O.[KH]. The Kier molecular flexibility index (Phi) is 6.99. The molecule has 0 aromatic heterocycles. The predicted octanol–water partition coefficient (Wildman–Crippen LogP) is -2.56. The predicted molar refractivity (Wildman–Crippen MR) is 29.4 cm³/mol. The van der Waals surface area contributed by atoms with E-state index in [9.17, 15) is 9.77 Å². The van der Waals surface area contributed by atoms with Crippen molar-refractivity contribution in [2.45, 2.75) is 0 Å². The molecule has 0 amide bonds. The second-order valence-electron chi connectivity index (χ2n) is 1.06. The first-order valence-electron chi connectivity index (χ1n) is 1.51. The minimum atomic E-state index is -4.38. The molecule has 1 atom stereocenters. The molecule has 0 aromatic carbocycles. The molecule has 0 radical (unpaired) electrons. The summed E-state index contributed by atoms with van der Waals surface area (Å²) in [5, 5.41) is 9.70. The summed E-state index contributed by atoms with van der Waals surface area (Å²) in [6.07, 6.45) is 0. The van der Waals surface area contributed by atoms with Gasteiger partial charge in [0.15, 0.2) is 0 Å². The van der Waals surface area contributed by atoms with Crippen molar-refractivity contribution in [3.8, 4) is 0 Å². The van der Waals surface area contributed by atoms with Gasteiger partial charge in [0.25, 0.3) is 0 Å². The summed E-state index contributed by atoms with van der Waals surface area (Å²) in [7, 11) is -3.53. The molecule has 5 nitrogen and oxygen atoms in total. The normalized spacial score (nSPS) is 14.5. The standard InChI is InChI=1S/CH6NO4P.K.H/c1-2(3)7(4,5)6;;/h2H,1H3,(H2,4,5,6);;. The van der Waals surface area contributed by atoms with Crippen LogP contribution in [0.15, 0.2) is 0 Å². The molecule has 0 aliphatic rings.